The predicted molar refractivity (Wildman–Crippen MR) is 84.5 cm³/mol. The highest BCUT2D eigenvalue weighted by Crippen LogP contribution is 2.33. The second kappa shape index (κ2) is 6.35. The molecule has 0 aliphatic carbocycles. The molecule has 0 saturated heterocycles. The molecule has 2 aromatic carbocycles. The maximum Gasteiger partial charge on any atom is 0.330 e. The average molecular weight is 292 g/mol. The van der Waals surface area contributed by atoms with Gasteiger partial charge in [0.25, 0.3) is 0 Å². The molecule has 110 valence electrons. The topological polar surface area (TPSA) is 51.0 Å². The number of esters is 1. The number of benzene rings is 2. The van der Waals surface area contributed by atoms with Crippen molar-refractivity contribution in [2.24, 2.45) is 10.2 Å². The van der Waals surface area contributed by atoms with E-state index in [-0.39, 0.29) is 6.10 Å². The highest BCUT2D eigenvalue weighted by Gasteiger charge is 2.18. The fourth-order valence-electron chi connectivity index (χ4n) is 2.48. The lowest BCUT2D eigenvalue weighted by atomic mass is 10.00. The van der Waals surface area contributed by atoms with Gasteiger partial charge in [-0.1, -0.05) is 43.0 Å². The molecule has 0 spiro atoms. The standard InChI is InChI=1S/C18H16N2O2/c1-2-18(21)22-16(10-13-6-4-3-5-7-13)11-14-8-9-15-12-17(14)20-19-15/h2-9,12,16H,1,10-11H2. The van der Waals surface area contributed by atoms with E-state index in [1.54, 1.807) is 0 Å². The molecule has 0 fully saturated rings. The van der Waals surface area contributed by atoms with Crippen LogP contribution < -0.4 is 0 Å². The Morgan fingerprint density at radius 3 is 2.73 bits per heavy atom. The Morgan fingerprint density at radius 2 is 1.95 bits per heavy atom. The van der Waals surface area contributed by atoms with Crippen LogP contribution in [0.1, 0.15) is 11.1 Å². The van der Waals surface area contributed by atoms with Crippen molar-refractivity contribution in [3.63, 3.8) is 0 Å². The monoisotopic (exact) mass is 292 g/mol. The molecular formula is C18H16N2O2. The van der Waals surface area contributed by atoms with Gasteiger partial charge < -0.3 is 4.74 Å². The number of nitrogens with zero attached hydrogens (tertiary/aromatic N) is 2. The minimum Gasteiger partial charge on any atom is -0.459 e. The molecule has 0 amide bonds. The lowest BCUT2D eigenvalue weighted by Gasteiger charge is -2.17. The zero-order valence-electron chi connectivity index (χ0n) is 12.1. The maximum absolute atomic E-state index is 11.6. The first-order chi connectivity index (χ1) is 10.7. The van der Waals surface area contributed by atoms with Gasteiger partial charge in [-0.05, 0) is 23.3 Å². The van der Waals surface area contributed by atoms with Crippen LogP contribution in [-0.2, 0) is 22.4 Å². The summed E-state index contributed by atoms with van der Waals surface area (Å²) < 4.78 is 5.49. The van der Waals surface area contributed by atoms with E-state index < -0.39 is 5.97 Å². The van der Waals surface area contributed by atoms with Crippen molar-refractivity contribution in [3.8, 4) is 0 Å². The van der Waals surface area contributed by atoms with Crippen LogP contribution in [0.25, 0.3) is 0 Å². The predicted octanol–water partition coefficient (Wildman–Crippen LogP) is 4.30. The van der Waals surface area contributed by atoms with Crippen LogP contribution in [0.15, 0.2) is 71.4 Å². The number of hydrogen-bond acceptors (Lipinski definition) is 4. The van der Waals surface area contributed by atoms with Crippen LogP contribution in [-0.4, -0.2) is 12.1 Å². The van der Waals surface area contributed by atoms with Crippen LogP contribution in [0.3, 0.4) is 0 Å². The lowest BCUT2D eigenvalue weighted by molar-refractivity contribution is -0.142. The fourth-order valence-corrected chi connectivity index (χ4v) is 2.48. The number of azo groups is 1. The van der Waals surface area contributed by atoms with Crippen LogP contribution in [0, 0.1) is 0 Å². The summed E-state index contributed by atoms with van der Waals surface area (Å²) in [4.78, 5) is 11.6. The van der Waals surface area contributed by atoms with Crippen molar-refractivity contribution in [2.75, 3.05) is 0 Å². The molecule has 1 atom stereocenters. The van der Waals surface area contributed by atoms with Gasteiger partial charge in [-0.25, -0.2) is 4.79 Å². The normalized spacial score (nSPS) is 12.9. The average Bonchev–Trinajstić information content (AvgIpc) is 2.93. The van der Waals surface area contributed by atoms with Crippen LogP contribution >= 0.6 is 0 Å². The molecule has 0 aromatic heterocycles. The Morgan fingerprint density at radius 1 is 1.14 bits per heavy atom. The molecule has 1 heterocycles. The van der Waals surface area contributed by atoms with E-state index in [0.29, 0.717) is 12.8 Å². The van der Waals surface area contributed by atoms with Gasteiger partial charge in [-0.2, -0.15) is 10.2 Å². The first kappa shape index (κ1) is 14.2. The summed E-state index contributed by atoms with van der Waals surface area (Å²) in [5, 5.41) is 8.16. The summed E-state index contributed by atoms with van der Waals surface area (Å²) in [7, 11) is 0. The van der Waals surface area contributed by atoms with Crippen LogP contribution in [0.4, 0.5) is 11.4 Å². The van der Waals surface area contributed by atoms with Crippen molar-refractivity contribution in [1.29, 1.82) is 0 Å². The van der Waals surface area contributed by atoms with Gasteiger partial charge in [0.15, 0.2) is 0 Å². The largest absolute Gasteiger partial charge is 0.459 e. The van der Waals surface area contributed by atoms with Gasteiger partial charge in [0.1, 0.15) is 6.10 Å². The second-order valence-electron chi connectivity index (χ2n) is 5.17. The number of hydrogen-bond donors (Lipinski definition) is 0. The first-order valence-corrected chi connectivity index (χ1v) is 7.16. The van der Waals surface area contributed by atoms with Gasteiger partial charge in [0, 0.05) is 18.9 Å². The SMILES string of the molecule is C=CC(=O)OC(Cc1ccccc1)Cc1ccc2cc1N=N2. The number of ether oxygens (including phenoxy) is 1. The summed E-state index contributed by atoms with van der Waals surface area (Å²) >= 11 is 0. The molecule has 22 heavy (non-hydrogen) atoms. The number of rotatable bonds is 6. The molecule has 2 bridgehead atoms. The van der Waals surface area contributed by atoms with Gasteiger partial charge in [0.2, 0.25) is 0 Å². The van der Waals surface area contributed by atoms with Crippen LogP contribution in [0.2, 0.25) is 0 Å². The van der Waals surface area contributed by atoms with Crippen molar-refractivity contribution < 1.29 is 9.53 Å². The van der Waals surface area contributed by atoms with Crippen LogP contribution in [0.5, 0.6) is 0 Å². The minimum atomic E-state index is -0.407. The molecule has 0 N–H and O–H groups in total. The molecule has 2 aromatic rings. The third-order valence-electron chi connectivity index (χ3n) is 3.55. The van der Waals surface area contributed by atoms with E-state index in [1.165, 1.54) is 6.08 Å². The zero-order chi connectivity index (χ0) is 15.4. The zero-order valence-corrected chi connectivity index (χ0v) is 12.1. The molecule has 1 aliphatic heterocycles. The smallest absolute Gasteiger partial charge is 0.330 e. The van der Waals surface area contributed by atoms with Gasteiger partial charge in [0.05, 0.1) is 11.4 Å². The number of fused-ring (bicyclic) bond motifs is 2. The Bertz CT molecular complexity index is 723. The van der Waals surface area contributed by atoms with Crippen molar-refractivity contribution >= 4 is 17.3 Å². The highest BCUT2D eigenvalue weighted by atomic mass is 16.5. The highest BCUT2D eigenvalue weighted by molar-refractivity contribution is 5.81. The van der Waals surface area contributed by atoms with Gasteiger partial charge >= 0.3 is 5.97 Å². The van der Waals surface area contributed by atoms with E-state index in [4.69, 9.17) is 4.74 Å². The minimum absolute atomic E-state index is 0.259. The Kier molecular flexibility index (Phi) is 4.10. The molecule has 0 saturated carbocycles. The summed E-state index contributed by atoms with van der Waals surface area (Å²) in [5.41, 5.74) is 3.87. The third-order valence-corrected chi connectivity index (χ3v) is 3.55. The molecule has 1 unspecified atom stereocenters. The summed E-state index contributed by atoms with van der Waals surface area (Å²) in [6, 6.07) is 15.8. The van der Waals surface area contributed by atoms with Crippen molar-refractivity contribution in [2.45, 2.75) is 18.9 Å². The Labute approximate surface area is 129 Å². The second-order valence-corrected chi connectivity index (χ2v) is 5.17. The molecule has 0 radical (unpaired) electrons. The number of carbonyl (C=O) groups excluding carboxylic acids is 1. The Balaban J connectivity index is 1.78. The van der Waals surface area contributed by atoms with E-state index in [9.17, 15) is 4.79 Å². The van der Waals surface area contributed by atoms with E-state index in [1.807, 2.05) is 48.5 Å². The molecule has 3 rings (SSSR count). The summed E-state index contributed by atoms with van der Waals surface area (Å²) in [5.74, 6) is -0.407. The third kappa shape index (κ3) is 3.28. The van der Waals surface area contributed by atoms with Crippen molar-refractivity contribution in [3.05, 3.63) is 72.3 Å². The van der Waals surface area contributed by atoms with E-state index >= 15 is 0 Å². The maximum atomic E-state index is 11.6. The summed E-state index contributed by atoms with van der Waals surface area (Å²) in [6.07, 6.45) is 2.19. The quantitative estimate of drug-likeness (QED) is 0.502. The molecule has 1 aliphatic rings. The van der Waals surface area contributed by atoms with Gasteiger partial charge in [-0.3, -0.25) is 0 Å². The molecule has 4 nitrogen and oxygen atoms in total. The number of carbonyl (C=O) groups is 1. The first-order valence-electron chi connectivity index (χ1n) is 7.16. The molecule has 4 heteroatoms. The molecular weight excluding hydrogens is 276 g/mol. The van der Waals surface area contributed by atoms with E-state index in [0.717, 1.165) is 22.5 Å². The van der Waals surface area contributed by atoms with Crippen molar-refractivity contribution in [1.82, 2.24) is 0 Å². The summed E-state index contributed by atoms with van der Waals surface area (Å²) in [6.45, 7) is 3.46. The van der Waals surface area contributed by atoms with E-state index in [2.05, 4.69) is 16.8 Å². The van der Waals surface area contributed by atoms with Gasteiger partial charge in [-0.15, -0.1) is 0 Å². The fraction of sp³-hybridized carbons (Fsp3) is 0.167. The lowest BCUT2D eigenvalue weighted by Crippen LogP contribution is -2.22. The Hall–Kier alpha value is -2.75.